The van der Waals surface area contributed by atoms with Crippen LogP contribution in [-0.2, 0) is 9.59 Å². The second-order valence-corrected chi connectivity index (χ2v) is 4.30. The zero-order chi connectivity index (χ0) is 12.3. The van der Waals surface area contributed by atoms with Crippen LogP contribution in [0.25, 0.3) is 0 Å². The van der Waals surface area contributed by atoms with Gasteiger partial charge in [0.25, 0.3) is 0 Å². The third-order valence-corrected chi connectivity index (χ3v) is 2.85. The topological polar surface area (TPSA) is 66.4 Å². The Labute approximate surface area is 102 Å². The first-order valence-electron chi connectivity index (χ1n) is 4.68. The molecule has 1 amide bonds. The Morgan fingerprint density at radius 3 is 2.50 bits per heavy atom. The van der Waals surface area contributed by atoms with E-state index >= 15 is 0 Å². The average Bonchev–Trinajstić information content (AvgIpc) is 2.15. The van der Waals surface area contributed by atoms with Crippen molar-refractivity contribution in [1.29, 1.82) is 0 Å². The minimum atomic E-state index is -1.08. The summed E-state index contributed by atoms with van der Waals surface area (Å²) in [5, 5.41) is 11.5. The second kappa shape index (κ2) is 5.12. The number of aliphatic carboxylic acids is 1. The number of rotatable bonds is 3. The Morgan fingerprint density at radius 1 is 1.44 bits per heavy atom. The van der Waals surface area contributed by atoms with Crippen LogP contribution in [0.2, 0.25) is 0 Å². The molecule has 0 radical (unpaired) electrons. The molecule has 0 fully saturated rings. The fraction of sp³-hybridized carbons (Fsp3) is 0.273. The molecule has 0 heterocycles. The molecule has 0 aliphatic carbocycles. The van der Waals surface area contributed by atoms with Gasteiger partial charge >= 0.3 is 5.97 Å². The van der Waals surface area contributed by atoms with Crippen molar-refractivity contribution in [3.8, 4) is 0 Å². The summed E-state index contributed by atoms with van der Waals surface area (Å²) in [7, 11) is 0. The van der Waals surface area contributed by atoms with E-state index in [0.717, 1.165) is 5.56 Å². The third-order valence-electron chi connectivity index (χ3n) is 2.15. The number of nitrogens with one attached hydrogen (secondary N) is 1. The standard InChI is InChI=1S/C11H12BrNO3/c1-6-4-3-5-8(12)9(6)10(11(15)16)13-7(2)14/h3-5,10H,1-2H3,(H,13,14)(H,15,16). The minimum Gasteiger partial charge on any atom is -0.479 e. The van der Waals surface area contributed by atoms with Crippen molar-refractivity contribution in [2.45, 2.75) is 19.9 Å². The number of halogens is 1. The largest absolute Gasteiger partial charge is 0.479 e. The Hall–Kier alpha value is -1.36. The van der Waals surface area contributed by atoms with Gasteiger partial charge in [0.15, 0.2) is 6.04 Å². The number of carbonyl (C=O) groups excluding carboxylic acids is 1. The molecule has 0 aromatic heterocycles. The number of carbonyl (C=O) groups is 2. The normalized spacial score (nSPS) is 11.9. The van der Waals surface area contributed by atoms with E-state index in [-0.39, 0.29) is 5.91 Å². The average molecular weight is 286 g/mol. The van der Waals surface area contributed by atoms with Crippen molar-refractivity contribution in [3.63, 3.8) is 0 Å². The van der Waals surface area contributed by atoms with E-state index in [0.29, 0.717) is 10.0 Å². The monoisotopic (exact) mass is 285 g/mol. The van der Waals surface area contributed by atoms with Crippen LogP contribution >= 0.6 is 15.9 Å². The number of carboxylic acids is 1. The van der Waals surface area contributed by atoms with Gasteiger partial charge in [0.1, 0.15) is 0 Å². The molecule has 0 aliphatic heterocycles. The molecule has 1 aromatic carbocycles. The molecule has 1 rings (SSSR count). The maximum atomic E-state index is 11.1. The molecular weight excluding hydrogens is 274 g/mol. The highest BCUT2D eigenvalue weighted by Crippen LogP contribution is 2.27. The van der Waals surface area contributed by atoms with E-state index in [1.165, 1.54) is 6.92 Å². The Kier molecular flexibility index (Phi) is 4.06. The fourth-order valence-corrected chi connectivity index (χ4v) is 2.17. The number of hydrogen-bond donors (Lipinski definition) is 2. The highest BCUT2D eigenvalue weighted by atomic mass is 79.9. The van der Waals surface area contributed by atoms with Crippen molar-refractivity contribution >= 4 is 27.8 Å². The van der Waals surface area contributed by atoms with Crippen LogP contribution in [0.15, 0.2) is 22.7 Å². The predicted molar refractivity (Wildman–Crippen MR) is 63.1 cm³/mol. The summed E-state index contributed by atoms with van der Waals surface area (Å²) in [5.41, 5.74) is 1.39. The molecule has 0 bridgehead atoms. The van der Waals surface area contributed by atoms with Crippen LogP contribution in [0.3, 0.4) is 0 Å². The van der Waals surface area contributed by atoms with E-state index in [4.69, 9.17) is 5.11 Å². The number of carboxylic acid groups (broad SMARTS) is 1. The van der Waals surface area contributed by atoms with Crippen molar-refractivity contribution in [2.24, 2.45) is 0 Å². The van der Waals surface area contributed by atoms with Crippen LogP contribution in [-0.4, -0.2) is 17.0 Å². The van der Waals surface area contributed by atoms with Gasteiger partial charge in [-0.1, -0.05) is 28.1 Å². The van der Waals surface area contributed by atoms with Gasteiger partial charge < -0.3 is 10.4 Å². The highest BCUT2D eigenvalue weighted by molar-refractivity contribution is 9.10. The van der Waals surface area contributed by atoms with Crippen LogP contribution in [0.1, 0.15) is 24.1 Å². The molecule has 2 N–H and O–H groups in total. The number of hydrogen-bond acceptors (Lipinski definition) is 2. The maximum absolute atomic E-state index is 11.1. The molecule has 0 aliphatic rings. The van der Waals surface area contributed by atoms with Crippen LogP contribution in [0.5, 0.6) is 0 Å². The molecule has 16 heavy (non-hydrogen) atoms. The molecule has 86 valence electrons. The highest BCUT2D eigenvalue weighted by Gasteiger charge is 2.24. The summed E-state index contributed by atoms with van der Waals surface area (Å²) >= 11 is 3.29. The van der Waals surface area contributed by atoms with Crippen LogP contribution in [0.4, 0.5) is 0 Å². The van der Waals surface area contributed by atoms with Gasteiger partial charge in [-0.3, -0.25) is 4.79 Å². The van der Waals surface area contributed by atoms with Crippen molar-refractivity contribution < 1.29 is 14.7 Å². The zero-order valence-corrected chi connectivity index (χ0v) is 10.5. The Bertz CT molecular complexity index is 411. The zero-order valence-electron chi connectivity index (χ0n) is 8.95. The van der Waals surface area contributed by atoms with Crippen molar-refractivity contribution in [1.82, 2.24) is 5.32 Å². The lowest BCUT2D eigenvalue weighted by Gasteiger charge is -2.17. The summed E-state index contributed by atoms with van der Waals surface area (Å²) < 4.78 is 0.675. The minimum absolute atomic E-state index is 0.373. The number of aryl methyl sites for hydroxylation is 1. The van der Waals surface area contributed by atoms with E-state index in [1.54, 1.807) is 19.1 Å². The van der Waals surface area contributed by atoms with E-state index in [9.17, 15) is 9.59 Å². The van der Waals surface area contributed by atoms with E-state index in [1.807, 2.05) is 6.07 Å². The number of amides is 1. The van der Waals surface area contributed by atoms with Crippen molar-refractivity contribution in [2.75, 3.05) is 0 Å². The lowest BCUT2D eigenvalue weighted by atomic mass is 10.0. The van der Waals surface area contributed by atoms with Gasteiger partial charge in [-0.05, 0) is 18.6 Å². The second-order valence-electron chi connectivity index (χ2n) is 3.44. The smallest absolute Gasteiger partial charge is 0.330 e. The van der Waals surface area contributed by atoms with Gasteiger partial charge in [-0.15, -0.1) is 0 Å². The molecule has 0 saturated heterocycles. The first kappa shape index (κ1) is 12.7. The Morgan fingerprint density at radius 2 is 2.06 bits per heavy atom. The molecule has 4 nitrogen and oxygen atoms in total. The third kappa shape index (κ3) is 2.82. The first-order chi connectivity index (χ1) is 7.43. The molecule has 0 saturated carbocycles. The molecule has 1 atom stereocenters. The molecule has 1 aromatic rings. The van der Waals surface area contributed by atoms with Crippen LogP contribution < -0.4 is 5.32 Å². The molecule has 1 unspecified atom stereocenters. The molecule has 0 spiro atoms. The van der Waals surface area contributed by atoms with Crippen LogP contribution in [0, 0.1) is 6.92 Å². The van der Waals surface area contributed by atoms with Gasteiger partial charge in [0.05, 0.1) is 0 Å². The summed E-state index contributed by atoms with van der Waals surface area (Å²) in [4.78, 5) is 22.1. The van der Waals surface area contributed by atoms with Gasteiger partial charge in [-0.2, -0.15) is 0 Å². The van der Waals surface area contributed by atoms with Gasteiger partial charge in [0, 0.05) is 17.0 Å². The quantitative estimate of drug-likeness (QED) is 0.893. The molecular formula is C11H12BrNO3. The summed E-state index contributed by atoms with van der Waals surface area (Å²) in [6.07, 6.45) is 0. The maximum Gasteiger partial charge on any atom is 0.330 e. The lowest BCUT2D eigenvalue weighted by molar-refractivity contribution is -0.141. The summed E-state index contributed by atoms with van der Waals surface area (Å²) in [6, 6.07) is 4.35. The fourth-order valence-electron chi connectivity index (χ4n) is 1.47. The Balaban J connectivity index is 3.20. The summed E-state index contributed by atoms with van der Waals surface area (Å²) in [5.74, 6) is -1.45. The first-order valence-corrected chi connectivity index (χ1v) is 5.47. The van der Waals surface area contributed by atoms with E-state index < -0.39 is 12.0 Å². The predicted octanol–water partition coefficient (Wildman–Crippen LogP) is 2.02. The van der Waals surface area contributed by atoms with Crippen molar-refractivity contribution in [3.05, 3.63) is 33.8 Å². The summed E-state index contributed by atoms with van der Waals surface area (Å²) in [6.45, 7) is 3.10. The van der Waals surface area contributed by atoms with Gasteiger partial charge in [0.2, 0.25) is 5.91 Å². The number of benzene rings is 1. The van der Waals surface area contributed by atoms with E-state index in [2.05, 4.69) is 21.2 Å². The molecule has 5 heteroatoms. The SMILES string of the molecule is CC(=O)NC(C(=O)O)c1c(C)cccc1Br. The van der Waals surface area contributed by atoms with Gasteiger partial charge in [-0.25, -0.2) is 4.79 Å². The lowest BCUT2D eigenvalue weighted by Crippen LogP contribution is -2.32.